The van der Waals surface area contributed by atoms with Crippen LogP contribution in [0.4, 0.5) is 0 Å². The molecule has 656 valence electrons. The molecule has 0 bridgehead atoms. The summed E-state index contributed by atoms with van der Waals surface area (Å²) >= 11 is 0. The monoisotopic (exact) mass is 1760 g/mol. The summed E-state index contributed by atoms with van der Waals surface area (Å²) in [6.07, 6.45) is 3.06. The third-order valence-electron chi connectivity index (χ3n) is 12.2. The van der Waals surface area contributed by atoms with Crippen LogP contribution in [-0.2, 0) is 110 Å². The normalized spacial score (nSPS) is 12.3. The van der Waals surface area contributed by atoms with Gasteiger partial charge in [-0.1, -0.05) is 14.9 Å². The van der Waals surface area contributed by atoms with Crippen LogP contribution in [-0.4, -0.2) is 343 Å². The predicted molar refractivity (Wildman–Crippen MR) is 438 cm³/mol. The maximum atomic E-state index is 9.98. The molecule has 0 aromatic carbocycles. The van der Waals surface area contributed by atoms with E-state index in [1.54, 1.807) is 75.2 Å². The molecule has 0 saturated heterocycles. The number of aliphatic hydroxyl groups is 2. The van der Waals surface area contributed by atoms with Gasteiger partial charge in [-0.25, -0.2) is 0 Å². The van der Waals surface area contributed by atoms with Crippen molar-refractivity contribution >= 4 is 105 Å². The van der Waals surface area contributed by atoms with Crippen LogP contribution >= 0.6 is 0 Å². The Kier molecular flexibility index (Phi) is 109. The number of hydrogen-bond donors (Lipinski definition) is 12. The lowest BCUT2D eigenvalue weighted by Gasteiger charge is -2.35. The van der Waals surface area contributed by atoms with Crippen LogP contribution in [0.2, 0.25) is 83.1 Å². The highest BCUT2D eigenvalue weighted by Gasteiger charge is 2.50. The molecular weight excluding hydrogens is 1600 g/mol. The van der Waals surface area contributed by atoms with Crippen molar-refractivity contribution in [1.82, 2.24) is 0 Å². The van der Waals surface area contributed by atoms with Crippen molar-refractivity contribution in [2.45, 2.75) is 172 Å². The van der Waals surface area contributed by atoms with Gasteiger partial charge in [0.1, 0.15) is 0 Å². The zero-order valence-electron chi connectivity index (χ0n) is 69.7. The van der Waals surface area contributed by atoms with E-state index in [0.29, 0.717) is 90.0 Å². The van der Waals surface area contributed by atoms with Crippen molar-refractivity contribution in [3.63, 3.8) is 0 Å². The topological polar surface area (TPSA) is 528 Å². The fraction of sp³-hybridized carbons (Fsp3) is 0.982. The molecule has 0 fully saturated rings. The number of nitrogens with two attached hydrogens (primary N) is 4. The van der Waals surface area contributed by atoms with Crippen molar-refractivity contribution in [2.24, 2.45) is 22.9 Å². The van der Waals surface area contributed by atoms with Crippen LogP contribution in [0.3, 0.4) is 0 Å². The second kappa shape index (κ2) is 82.9. The van der Waals surface area contributed by atoms with Gasteiger partial charge in [-0.05, 0) is 126 Å². The first-order valence-corrected chi connectivity index (χ1v) is 59.6. The average molecular weight is 1760 g/mol. The molecule has 0 heterocycles. The van der Waals surface area contributed by atoms with Gasteiger partial charge in [-0.2, -0.15) is 0 Å². The van der Waals surface area contributed by atoms with E-state index in [1.165, 1.54) is 78.2 Å². The van der Waals surface area contributed by atoms with Crippen LogP contribution in [0.15, 0.2) is 0 Å². The zero-order chi connectivity index (χ0) is 83.1. The number of rotatable bonds is 46. The number of aliphatic hydroxyl groups excluding tert-OH is 2. The van der Waals surface area contributed by atoms with Gasteiger partial charge >= 0.3 is 105 Å². The standard InChI is InChI=1S/C10H27NO5Si2.C7H21NO4Si2.2C7H19NO3Si.C6H18O4Si2.C4H11O3Si.3C3H10O3Si.C2H6O.CH4O.2CH4.H2O/c1-6-14-18(15-7-2,10-8-9-11)16-17(5,12-3)13-4;1-10-14(4,11-2)12-13(3,9)7-5-6-8;2*1-3-10-12(9,11-4-2)7-5-6-8;1-7-11(4,5)10-12(6,8-2)9-3;1-5-8(4,6-2)7-3;3*1-5-7(3,4)6-2;1-2-3;1-2;;;/h6-11H2,1-5H3;9H,5-8H2,1-4H3;2*9H,3-8H2,1-2H3;1-6H3;4H2,1-3H3;3*4H,1-3H3;3H,2H2,1H3;2H,1H3;2*1H4;1H2/q;;;;;+1;;;;;;;;. The third kappa shape index (κ3) is 90.4. The highest BCUT2D eigenvalue weighted by molar-refractivity contribution is 6.77. The van der Waals surface area contributed by atoms with Crippen LogP contribution in [0.5, 0.6) is 0 Å². The Morgan fingerprint density at radius 3 is 0.686 bits per heavy atom. The molecule has 0 radical (unpaired) electrons. The molecule has 0 rings (SSSR count). The van der Waals surface area contributed by atoms with Gasteiger partial charge in [0.15, 0.2) is 0 Å². The molecule has 1 unspecified atom stereocenters. The molecule has 0 aromatic heterocycles. The molecule has 0 aromatic rings. The molecule has 0 saturated carbocycles. The van der Waals surface area contributed by atoms with Crippen LogP contribution in [0.1, 0.15) is 89.0 Å². The lowest BCUT2D eigenvalue weighted by molar-refractivity contribution is 0.0683. The minimum absolute atomic E-state index is 0. The molecule has 18 N–H and O–H groups in total. The Hall–Kier alpha value is 0.953. The Morgan fingerprint density at radius 2 is 0.514 bits per heavy atom. The van der Waals surface area contributed by atoms with Crippen molar-refractivity contribution in [3.8, 4) is 0 Å². The van der Waals surface area contributed by atoms with E-state index >= 15 is 0 Å². The molecule has 1 atom stereocenters. The van der Waals surface area contributed by atoms with E-state index in [1.807, 2.05) is 67.7 Å². The highest BCUT2D eigenvalue weighted by atomic mass is 28.5. The van der Waals surface area contributed by atoms with E-state index in [2.05, 4.69) is 33.1 Å². The Balaban J connectivity index is -0.0000000742. The number of hydrogen-bond acceptors (Lipinski definition) is 37. The molecular formula is C55H165N4O34Si12+. The third-order valence-corrected chi connectivity index (χ3v) is 42.1. The average Bonchev–Trinajstić information content (AvgIpc) is 0.837. The van der Waals surface area contributed by atoms with Gasteiger partial charge in [0.2, 0.25) is 0 Å². The molecule has 0 aliphatic carbocycles. The summed E-state index contributed by atoms with van der Waals surface area (Å²) in [6, 6.07) is 2.41. The maximum Gasteiger partial charge on any atom is 0.742 e. The first-order valence-electron chi connectivity index (χ1n) is 32.9. The van der Waals surface area contributed by atoms with Gasteiger partial charge < -0.3 is 177 Å². The van der Waals surface area contributed by atoms with Gasteiger partial charge in [0.05, 0.1) is 6.55 Å². The predicted octanol–water partition coefficient (Wildman–Crippen LogP) is 3.21. The summed E-state index contributed by atoms with van der Waals surface area (Å²) in [5, 5.41) is 14.6. The van der Waals surface area contributed by atoms with Crippen LogP contribution < -0.4 is 22.9 Å². The second-order valence-electron chi connectivity index (χ2n) is 20.7. The van der Waals surface area contributed by atoms with E-state index < -0.39 is 105 Å². The van der Waals surface area contributed by atoms with E-state index in [9.17, 15) is 14.4 Å². The quantitative estimate of drug-likeness (QED) is 0.0307. The van der Waals surface area contributed by atoms with E-state index in [-0.39, 0.29) is 26.9 Å². The van der Waals surface area contributed by atoms with Gasteiger partial charge in [0, 0.05) is 225 Å². The summed E-state index contributed by atoms with van der Waals surface area (Å²) < 4.78 is 128. The summed E-state index contributed by atoms with van der Waals surface area (Å²) in [5.74, 6) is 0. The molecule has 0 amide bonds. The molecule has 105 heavy (non-hydrogen) atoms. The van der Waals surface area contributed by atoms with Crippen molar-refractivity contribution < 1.29 is 154 Å². The SMILES string of the molecule is C.C.CCO.CCO[Si](CCCN)(OCC)O[Si](C)(OC)OC.CCO[Si](O)(CCCN)OCC.CCO[Si](O)(CCCN)OCC.CO.CO[Si](C)(C)O[Si](C)(OC)OC.CO[Si](C)(O)OC.CO[Si](C)(O)OC.CO[Si](C)(O)OC.CO[Si](C)(OC)O[Si](C)(O)CCCN.O.[CH2+][Si](OC)(OC)OC. The summed E-state index contributed by atoms with van der Waals surface area (Å²) in [4.78, 5) is 56.0. The first kappa shape index (κ1) is 138. The largest absolute Gasteiger partial charge is 0.742 e. The minimum Gasteiger partial charge on any atom is -0.412 e. The van der Waals surface area contributed by atoms with E-state index in [4.69, 9.17) is 131 Å². The lowest BCUT2D eigenvalue weighted by atomic mass is 10.5. The van der Waals surface area contributed by atoms with Crippen molar-refractivity contribution in [1.29, 1.82) is 0 Å². The van der Waals surface area contributed by atoms with Crippen molar-refractivity contribution in [2.75, 3.05) is 193 Å². The van der Waals surface area contributed by atoms with Crippen LogP contribution in [0, 0.1) is 6.55 Å². The molecule has 0 aliphatic rings. The minimum atomic E-state index is -2.85. The fourth-order valence-electron chi connectivity index (χ4n) is 5.63. The summed E-state index contributed by atoms with van der Waals surface area (Å²) in [6.45, 7) is 37.8. The Labute approximate surface area is 650 Å². The van der Waals surface area contributed by atoms with Crippen molar-refractivity contribution in [3.05, 3.63) is 6.55 Å². The highest BCUT2D eigenvalue weighted by Crippen LogP contribution is 2.24. The lowest BCUT2D eigenvalue weighted by Crippen LogP contribution is -2.56. The Bertz CT molecular complexity index is 1600. The molecule has 0 aliphatic heterocycles. The molecule has 50 heteroatoms. The summed E-state index contributed by atoms with van der Waals surface area (Å²) in [5.41, 5.74) is 21.6. The van der Waals surface area contributed by atoms with Gasteiger partial charge in [-0.15, -0.1) is 0 Å². The van der Waals surface area contributed by atoms with Crippen LogP contribution in [0.25, 0.3) is 0 Å². The first-order chi connectivity index (χ1) is 47.1. The fourth-order valence-corrected chi connectivity index (χ4v) is 26.4. The van der Waals surface area contributed by atoms with E-state index in [0.717, 1.165) is 32.8 Å². The van der Waals surface area contributed by atoms with Gasteiger partial charge in [-0.3, -0.25) is 0 Å². The second-order valence-corrected chi connectivity index (χ2v) is 54.7. The Morgan fingerprint density at radius 1 is 0.305 bits per heavy atom. The molecule has 38 nitrogen and oxygen atoms in total. The smallest absolute Gasteiger partial charge is 0.412 e. The molecule has 0 spiro atoms. The zero-order valence-corrected chi connectivity index (χ0v) is 81.7. The maximum absolute atomic E-state index is 9.98. The van der Waals surface area contributed by atoms with Gasteiger partial charge in [0.25, 0.3) is 0 Å². The summed E-state index contributed by atoms with van der Waals surface area (Å²) in [7, 11) is -6.10.